The maximum Gasteiger partial charge on any atom is 0.308 e. The fourth-order valence-corrected chi connectivity index (χ4v) is 2.07. The summed E-state index contributed by atoms with van der Waals surface area (Å²) in [6.45, 7) is 0.549. The Kier molecular flexibility index (Phi) is 3.19. The Morgan fingerprint density at radius 2 is 2.38 bits per heavy atom. The summed E-state index contributed by atoms with van der Waals surface area (Å²) >= 11 is 0. The molecule has 1 atom stereocenters. The van der Waals surface area contributed by atoms with Gasteiger partial charge < -0.3 is 14.4 Å². The number of rotatable bonds is 2. The smallest absolute Gasteiger partial charge is 0.308 e. The first-order valence-corrected chi connectivity index (χ1v) is 5.36. The summed E-state index contributed by atoms with van der Waals surface area (Å²) in [6.07, 6.45) is 2.15. The third kappa shape index (κ3) is 1.92. The molecule has 0 bridgehead atoms. The van der Waals surface area contributed by atoms with E-state index in [1.54, 1.807) is 0 Å². The molecule has 0 amide bonds. The van der Waals surface area contributed by atoms with Crippen molar-refractivity contribution >= 4 is 5.97 Å². The number of ether oxygens (including phenoxy) is 1. The van der Waals surface area contributed by atoms with Gasteiger partial charge in [-0.3, -0.25) is 4.79 Å². The second kappa shape index (κ2) is 4.61. The lowest BCUT2D eigenvalue weighted by molar-refractivity contribution is -0.145. The minimum Gasteiger partial charge on any atom is -0.469 e. The van der Waals surface area contributed by atoms with E-state index >= 15 is 0 Å². The maximum atomic E-state index is 11.4. The summed E-state index contributed by atoms with van der Waals surface area (Å²) in [7, 11) is 1.41. The van der Waals surface area contributed by atoms with Crippen LogP contribution in [0.3, 0.4) is 0 Å². The van der Waals surface area contributed by atoms with E-state index in [1.807, 2.05) is 4.57 Å². The molecule has 2 heterocycles. The van der Waals surface area contributed by atoms with E-state index in [0.717, 1.165) is 12.2 Å². The lowest BCUT2D eigenvalue weighted by Crippen LogP contribution is -2.17. The Bertz CT molecular complexity index is 389. The van der Waals surface area contributed by atoms with E-state index in [2.05, 4.69) is 10.2 Å². The standard InChI is InChI=1S/C10H15N3O3/c1-16-10(15)7-2-3-8-11-12-9(6-14)13(8)5-4-7/h7,14H,2-6H2,1H3. The van der Waals surface area contributed by atoms with E-state index in [-0.39, 0.29) is 18.5 Å². The molecular weight excluding hydrogens is 210 g/mol. The van der Waals surface area contributed by atoms with Gasteiger partial charge in [0.1, 0.15) is 12.4 Å². The van der Waals surface area contributed by atoms with Crippen molar-refractivity contribution in [2.45, 2.75) is 32.4 Å². The Balaban J connectivity index is 2.13. The zero-order valence-electron chi connectivity index (χ0n) is 9.22. The molecular formula is C10H15N3O3. The third-order valence-corrected chi connectivity index (χ3v) is 3.00. The number of fused-ring (bicyclic) bond motifs is 1. The molecule has 0 aromatic carbocycles. The van der Waals surface area contributed by atoms with Gasteiger partial charge in [-0.2, -0.15) is 0 Å². The molecule has 1 N–H and O–H groups in total. The number of carbonyl (C=O) groups is 1. The first-order valence-electron chi connectivity index (χ1n) is 5.36. The Labute approximate surface area is 93.2 Å². The van der Waals surface area contributed by atoms with Crippen molar-refractivity contribution in [2.24, 2.45) is 5.92 Å². The van der Waals surface area contributed by atoms with Crippen LogP contribution in [0.25, 0.3) is 0 Å². The van der Waals surface area contributed by atoms with Gasteiger partial charge in [0.2, 0.25) is 0 Å². The molecule has 0 aliphatic carbocycles. The SMILES string of the molecule is COC(=O)C1CCc2nnc(CO)n2CC1. The van der Waals surface area contributed by atoms with Gasteiger partial charge in [-0.15, -0.1) is 10.2 Å². The van der Waals surface area contributed by atoms with E-state index in [4.69, 9.17) is 9.84 Å². The molecule has 0 spiro atoms. The number of hydrogen-bond donors (Lipinski definition) is 1. The maximum absolute atomic E-state index is 11.4. The Morgan fingerprint density at radius 1 is 1.56 bits per heavy atom. The number of aliphatic hydroxyl groups is 1. The van der Waals surface area contributed by atoms with E-state index in [9.17, 15) is 4.79 Å². The van der Waals surface area contributed by atoms with Crippen molar-refractivity contribution in [3.05, 3.63) is 11.6 Å². The summed E-state index contributed by atoms with van der Waals surface area (Å²) in [4.78, 5) is 11.4. The van der Waals surface area contributed by atoms with Gasteiger partial charge in [-0.1, -0.05) is 0 Å². The van der Waals surface area contributed by atoms with Crippen LogP contribution >= 0.6 is 0 Å². The molecule has 1 aliphatic heterocycles. The highest BCUT2D eigenvalue weighted by Gasteiger charge is 2.25. The second-order valence-electron chi connectivity index (χ2n) is 3.89. The largest absolute Gasteiger partial charge is 0.469 e. The van der Waals surface area contributed by atoms with E-state index < -0.39 is 0 Å². The second-order valence-corrected chi connectivity index (χ2v) is 3.89. The van der Waals surface area contributed by atoms with Crippen LogP contribution in [-0.2, 0) is 29.1 Å². The molecule has 88 valence electrons. The van der Waals surface area contributed by atoms with Gasteiger partial charge in [0, 0.05) is 13.0 Å². The van der Waals surface area contributed by atoms with Crippen molar-refractivity contribution in [1.29, 1.82) is 0 Å². The zero-order valence-corrected chi connectivity index (χ0v) is 9.22. The zero-order chi connectivity index (χ0) is 11.5. The molecule has 6 nitrogen and oxygen atoms in total. The van der Waals surface area contributed by atoms with Crippen LogP contribution in [0.1, 0.15) is 24.5 Å². The van der Waals surface area contributed by atoms with Crippen molar-refractivity contribution in [3.8, 4) is 0 Å². The van der Waals surface area contributed by atoms with Gasteiger partial charge in [0.25, 0.3) is 0 Å². The van der Waals surface area contributed by atoms with Crippen LogP contribution in [0.15, 0.2) is 0 Å². The number of aryl methyl sites for hydroxylation is 1. The van der Waals surface area contributed by atoms with Crippen molar-refractivity contribution in [1.82, 2.24) is 14.8 Å². The van der Waals surface area contributed by atoms with Crippen LogP contribution in [0.5, 0.6) is 0 Å². The topological polar surface area (TPSA) is 77.2 Å². The third-order valence-electron chi connectivity index (χ3n) is 3.00. The van der Waals surface area contributed by atoms with Crippen molar-refractivity contribution in [3.63, 3.8) is 0 Å². The monoisotopic (exact) mass is 225 g/mol. The van der Waals surface area contributed by atoms with Crippen LogP contribution in [0.4, 0.5) is 0 Å². The average molecular weight is 225 g/mol. The molecule has 1 aromatic heterocycles. The van der Waals surface area contributed by atoms with Crippen molar-refractivity contribution < 1.29 is 14.6 Å². The molecule has 1 unspecified atom stereocenters. The summed E-state index contributed by atoms with van der Waals surface area (Å²) in [5.41, 5.74) is 0. The first kappa shape index (κ1) is 11.1. The molecule has 1 aliphatic rings. The van der Waals surface area contributed by atoms with E-state index in [0.29, 0.717) is 25.2 Å². The molecule has 0 saturated carbocycles. The quantitative estimate of drug-likeness (QED) is 0.711. The predicted octanol–water partition coefficient (Wildman–Crippen LogP) is -0.104. The molecule has 2 rings (SSSR count). The average Bonchev–Trinajstić information content (AvgIpc) is 2.59. The van der Waals surface area contributed by atoms with Gasteiger partial charge >= 0.3 is 5.97 Å². The predicted molar refractivity (Wildman–Crippen MR) is 54.4 cm³/mol. The molecule has 16 heavy (non-hydrogen) atoms. The van der Waals surface area contributed by atoms with Crippen LogP contribution in [0.2, 0.25) is 0 Å². The summed E-state index contributed by atoms with van der Waals surface area (Å²) < 4.78 is 6.64. The minimum absolute atomic E-state index is 0.0711. The first-order chi connectivity index (χ1) is 7.76. The van der Waals surface area contributed by atoms with Crippen LogP contribution < -0.4 is 0 Å². The molecule has 6 heteroatoms. The van der Waals surface area contributed by atoms with Gasteiger partial charge in [0.15, 0.2) is 5.82 Å². The number of aliphatic hydroxyl groups excluding tert-OH is 1. The number of nitrogens with zero attached hydrogens (tertiary/aromatic N) is 3. The molecule has 0 radical (unpaired) electrons. The number of aromatic nitrogens is 3. The van der Waals surface area contributed by atoms with Gasteiger partial charge in [-0.05, 0) is 12.8 Å². The number of methoxy groups -OCH3 is 1. The Morgan fingerprint density at radius 3 is 3.06 bits per heavy atom. The lowest BCUT2D eigenvalue weighted by atomic mass is 10.0. The van der Waals surface area contributed by atoms with Crippen LogP contribution in [-0.4, -0.2) is 33.0 Å². The normalized spacial score (nSPS) is 20.0. The molecule has 0 fully saturated rings. The summed E-state index contributed by atoms with van der Waals surface area (Å²) in [6, 6.07) is 0. The number of esters is 1. The Hall–Kier alpha value is -1.43. The highest BCUT2D eigenvalue weighted by atomic mass is 16.5. The molecule has 0 saturated heterocycles. The highest BCUT2D eigenvalue weighted by molar-refractivity contribution is 5.72. The minimum atomic E-state index is -0.163. The van der Waals surface area contributed by atoms with Crippen LogP contribution in [0, 0.1) is 5.92 Å². The number of carbonyl (C=O) groups excluding carboxylic acids is 1. The summed E-state index contributed by atoms with van der Waals surface area (Å²) in [5, 5.41) is 17.0. The van der Waals surface area contributed by atoms with Crippen molar-refractivity contribution in [2.75, 3.05) is 7.11 Å². The molecule has 1 aromatic rings. The highest BCUT2D eigenvalue weighted by Crippen LogP contribution is 2.21. The van der Waals surface area contributed by atoms with Gasteiger partial charge in [0.05, 0.1) is 13.0 Å². The fourth-order valence-electron chi connectivity index (χ4n) is 2.07. The number of hydrogen-bond acceptors (Lipinski definition) is 5. The summed E-state index contributed by atoms with van der Waals surface area (Å²) in [5.74, 6) is 1.18. The van der Waals surface area contributed by atoms with E-state index in [1.165, 1.54) is 7.11 Å². The lowest BCUT2D eigenvalue weighted by Gasteiger charge is -2.10. The fraction of sp³-hybridized carbons (Fsp3) is 0.700. The van der Waals surface area contributed by atoms with Gasteiger partial charge in [-0.25, -0.2) is 0 Å².